The van der Waals surface area contributed by atoms with Gasteiger partial charge in [0, 0.05) is 18.2 Å². The molecule has 0 amide bonds. The van der Waals surface area contributed by atoms with Crippen molar-refractivity contribution in [3.63, 3.8) is 0 Å². The number of nitrogens with two attached hydrogens (primary N) is 1. The Morgan fingerprint density at radius 2 is 1.95 bits per heavy atom. The highest BCUT2D eigenvalue weighted by molar-refractivity contribution is 5.51. The number of rotatable bonds is 5. The van der Waals surface area contributed by atoms with Crippen LogP contribution in [0.3, 0.4) is 0 Å². The SMILES string of the molecule is NCCc1cn(Cc2nnc(-c3ccccc3)o2)nn1. The second-order valence-corrected chi connectivity index (χ2v) is 4.31. The van der Waals surface area contributed by atoms with Crippen LogP contribution in [0.25, 0.3) is 11.5 Å². The van der Waals surface area contributed by atoms with Crippen molar-refractivity contribution < 1.29 is 4.42 Å². The van der Waals surface area contributed by atoms with Crippen LogP contribution >= 0.6 is 0 Å². The van der Waals surface area contributed by atoms with Gasteiger partial charge in [0.05, 0.1) is 5.69 Å². The van der Waals surface area contributed by atoms with Crippen molar-refractivity contribution in [2.24, 2.45) is 5.73 Å². The summed E-state index contributed by atoms with van der Waals surface area (Å²) in [6, 6.07) is 9.64. The number of benzene rings is 1. The van der Waals surface area contributed by atoms with Crippen LogP contribution in [0.4, 0.5) is 0 Å². The van der Waals surface area contributed by atoms with Gasteiger partial charge in [0.15, 0.2) is 0 Å². The van der Waals surface area contributed by atoms with Crippen molar-refractivity contribution in [1.82, 2.24) is 25.2 Å². The first-order valence-electron chi connectivity index (χ1n) is 6.32. The molecule has 2 N–H and O–H groups in total. The van der Waals surface area contributed by atoms with Crippen LogP contribution in [0.15, 0.2) is 40.9 Å². The van der Waals surface area contributed by atoms with Gasteiger partial charge < -0.3 is 10.2 Å². The third-order valence-corrected chi connectivity index (χ3v) is 2.77. The summed E-state index contributed by atoms with van der Waals surface area (Å²) in [5, 5.41) is 16.0. The van der Waals surface area contributed by atoms with Gasteiger partial charge in [0.25, 0.3) is 0 Å². The van der Waals surface area contributed by atoms with Gasteiger partial charge in [0.1, 0.15) is 6.54 Å². The monoisotopic (exact) mass is 270 g/mol. The van der Waals surface area contributed by atoms with Gasteiger partial charge in [-0.25, -0.2) is 4.68 Å². The quantitative estimate of drug-likeness (QED) is 0.739. The van der Waals surface area contributed by atoms with Crippen LogP contribution in [0.2, 0.25) is 0 Å². The third kappa shape index (κ3) is 2.72. The summed E-state index contributed by atoms with van der Waals surface area (Å²) in [4.78, 5) is 0. The van der Waals surface area contributed by atoms with Gasteiger partial charge in [-0.15, -0.1) is 15.3 Å². The standard InChI is InChI=1S/C13H14N6O/c14-7-6-11-8-19(18-15-11)9-12-16-17-13(20-12)10-4-2-1-3-5-10/h1-5,8H,6-7,9,14H2. The number of hydrogen-bond donors (Lipinski definition) is 1. The summed E-state index contributed by atoms with van der Waals surface area (Å²) in [6.45, 7) is 0.953. The van der Waals surface area contributed by atoms with E-state index in [1.54, 1.807) is 4.68 Å². The predicted octanol–water partition coefficient (Wildman–Crippen LogP) is 0.878. The van der Waals surface area contributed by atoms with Gasteiger partial charge in [-0.05, 0) is 18.7 Å². The molecule has 0 saturated carbocycles. The summed E-state index contributed by atoms with van der Waals surface area (Å²) in [6.07, 6.45) is 2.54. The normalized spacial score (nSPS) is 10.8. The maximum absolute atomic E-state index is 5.61. The van der Waals surface area contributed by atoms with Gasteiger partial charge >= 0.3 is 0 Å². The average molecular weight is 270 g/mol. The zero-order valence-corrected chi connectivity index (χ0v) is 10.8. The molecule has 0 unspecified atom stereocenters. The highest BCUT2D eigenvalue weighted by atomic mass is 16.4. The van der Waals surface area contributed by atoms with Gasteiger partial charge in [-0.1, -0.05) is 23.4 Å². The van der Waals surface area contributed by atoms with Crippen LogP contribution in [-0.4, -0.2) is 31.7 Å². The lowest BCUT2D eigenvalue weighted by Crippen LogP contribution is -2.03. The van der Waals surface area contributed by atoms with Crippen molar-refractivity contribution in [1.29, 1.82) is 0 Å². The molecule has 102 valence electrons. The Bertz CT molecular complexity index is 675. The molecular formula is C13H14N6O. The molecule has 2 heterocycles. The van der Waals surface area contributed by atoms with Crippen molar-refractivity contribution >= 4 is 0 Å². The zero-order valence-electron chi connectivity index (χ0n) is 10.8. The molecular weight excluding hydrogens is 256 g/mol. The molecule has 1 aromatic carbocycles. The van der Waals surface area contributed by atoms with Crippen LogP contribution in [-0.2, 0) is 13.0 Å². The van der Waals surface area contributed by atoms with E-state index in [1.165, 1.54) is 0 Å². The Balaban J connectivity index is 1.73. The van der Waals surface area contributed by atoms with Crippen molar-refractivity contribution in [2.75, 3.05) is 6.54 Å². The minimum atomic E-state index is 0.400. The second-order valence-electron chi connectivity index (χ2n) is 4.31. The van der Waals surface area contributed by atoms with E-state index in [1.807, 2.05) is 36.5 Å². The first kappa shape index (κ1) is 12.5. The van der Waals surface area contributed by atoms with Crippen LogP contribution in [0.5, 0.6) is 0 Å². The predicted molar refractivity (Wildman–Crippen MR) is 71.6 cm³/mol. The fourth-order valence-corrected chi connectivity index (χ4v) is 1.83. The molecule has 0 aliphatic rings. The highest BCUT2D eigenvalue weighted by Gasteiger charge is 2.09. The molecule has 20 heavy (non-hydrogen) atoms. The van der Waals surface area contributed by atoms with E-state index in [-0.39, 0.29) is 0 Å². The number of aromatic nitrogens is 5. The topological polar surface area (TPSA) is 95.7 Å². The maximum atomic E-state index is 5.61. The summed E-state index contributed by atoms with van der Waals surface area (Å²) >= 11 is 0. The first-order valence-corrected chi connectivity index (χ1v) is 6.32. The van der Waals surface area contributed by atoms with E-state index >= 15 is 0 Å². The molecule has 0 bridgehead atoms. The molecule has 3 aromatic rings. The summed E-state index contributed by atoms with van der Waals surface area (Å²) < 4.78 is 7.27. The Kier molecular flexibility index (Phi) is 3.51. The number of nitrogens with zero attached hydrogens (tertiary/aromatic N) is 5. The zero-order chi connectivity index (χ0) is 13.8. The van der Waals surface area contributed by atoms with E-state index in [0.29, 0.717) is 31.3 Å². The molecule has 0 atom stereocenters. The molecule has 0 fully saturated rings. The Labute approximate surface area is 115 Å². The van der Waals surface area contributed by atoms with E-state index in [2.05, 4.69) is 20.5 Å². The van der Waals surface area contributed by atoms with E-state index in [4.69, 9.17) is 10.2 Å². The third-order valence-electron chi connectivity index (χ3n) is 2.77. The second kappa shape index (κ2) is 5.62. The van der Waals surface area contributed by atoms with Gasteiger partial charge in [0.2, 0.25) is 11.8 Å². The van der Waals surface area contributed by atoms with E-state index < -0.39 is 0 Å². The molecule has 0 radical (unpaired) electrons. The molecule has 0 spiro atoms. The van der Waals surface area contributed by atoms with Crippen LogP contribution < -0.4 is 5.73 Å². The first-order chi connectivity index (χ1) is 9.85. The summed E-state index contributed by atoms with van der Waals surface area (Å²) in [5.74, 6) is 0.996. The largest absolute Gasteiger partial charge is 0.419 e. The maximum Gasteiger partial charge on any atom is 0.247 e. The molecule has 7 nitrogen and oxygen atoms in total. The lowest BCUT2D eigenvalue weighted by atomic mass is 10.2. The smallest absolute Gasteiger partial charge is 0.247 e. The van der Waals surface area contributed by atoms with E-state index in [0.717, 1.165) is 11.3 Å². The molecule has 0 saturated heterocycles. The molecule has 0 aliphatic carbocycles. The van der Waals surface area contributed by atoms with Crippen LogP contribution in [0, 0.1) is 0 Å². The number of hydrogen-bond acceptors (Lipinski definition) is 6. The van der Waals surface area contributed by atoms with Crippen molar-refractivity contribution in [3.8, 4) is 11.5 Å². The fraction of sp³-hybridized carbons (Fsp3) is 0.231. The lowest BCUT2D eigenvalue weighted by Gasteiger charge is -1.94. The molecule has 3 rings (SSSR count). The van der Waals surface area contributed by atoms with Crippen LogP contribution in [0.1, 0.15) is 11.6 Å². The Morgan fingerprint density at radius 3 is 2.75 bits per heavy atom. The average Bonchev–Trinajstić information content (AvgIpc) is 3.11. The molecule has 7 heteroatoms. The van der Waals surface area contributed by atoms with E-state index in [9.17, 15) is 0 Å². The summed E-state index contributed by atoms with van der Waals surface area (Å²) in [7, 11) is 0. The Morgan fingerprint density at radius 1 is 1.10 bits per heavy atom. The molecule has 2 aromatic heterocycles. The molecule has 0 aliphatic heterocycles. The fourth-order valence-electron chi connectivity index (χ4n) is 1.83. The Hall–Kier alpha value is -2.54. The highest BCUT2D eigenvalue weighted by Crippen LogP contribution is 2.17. The minimum Gasteiger partial charge on any atom is -0.419 e. The minimum absolute atomic E-state index is 0.400. The van der Waals surface area contributed by atoms with Crippen molar-refractivity contribution in [2.45, 2.75) is 13.0 Å². The summed E-state index contributed by atoms with van der Waals surface area (Å²) in [5.41, 5.74) is 7.23. The van der Waals surface area contributed by atoms with Gasteiger partial charge in [-0.3, -0.25) is 0 Å². The lowest BCUT2D eigenvalue weighted by molar-refractivity contribution is 0.469. The van der Waals surface area contributed by atoms with Crippen molar-refractivity contribution in [3.05, 3.63) is 48.1 Å². The van der Waals surface area contributed by atoms with Gasteiger partial charge in [-0.2, -0.15) is 0 Å².